The molecule has 0 aliphatic carbocycles. The maximum absolute atomic E-state index is 12.6. The molecule has 0 fully saturated rings. The Morgan fingerprint density at radius 1 is 1.12 bits per heavy atom. The first-order chi connectivity index (χ1) is 12.0. The Bertz CT molecular complexity index is 721. The third-order valence-electron chi connectivity index (χ3n) is 4.13. The molecule has 2 unspecified atom stereocenters. The van der Waals surface area contributed by atoms with Crippen molar-refractivity contribution in [3.05, 3.63) is 64.6 Å². The Morgan fingerprint density at radius 2 is 1.76 bits per heavy atom. The summed E-state index contributed by atoms with van der Waals surface area (Å²) in [5.41, 5.74) is 1.17. The highest BCUT2D eigenvalue weighted by Crippen LogP contribution is 2.18. The van der Waals surface area contributed by atoms with Gasteiger partial charge in [-0.25, -0.2) is 0 Å². The topological polar surface area (TPSA) is 37.4 Å². The van der Waals surface area contributed by atoms with Gasteiger partial charge in [-0.05, 0) is 37.1 Å². The zero-order valence-electron chi connectivity index (χ0n) is 14.7. The molecule has 0 N–H and O–H groups in total. The second-order valence-electron chi connectivity index (χ2n) is 5.96. The monoisotopic (exact) mass is 421 g/mol. The van der Waals surface area contributed by atoms with E-state index in [2.05, 4.69) is 22.0 Å². The molecule has 1 amide bonds. The van der Waals surface area contributed by atoms with Gasteiger partial charge < -0.3 is 4.90 Å². The van der Waals surface area contributed by atoms with E-state index >= 15 is 0 Å². The van der Waals surface area contributed by atoms with Crippen molar-refractivity contribution in [1.29, 1.82) is 0 Å². The number of hydrogen-bond donors (Lipinski definition) is 0. The van der Waals surface area contributed by atoms with E-state index in [1.165, 1.54) is 5.56 Å². The Labute approximate surface area is 161 Å². The SMILES string of the molecule is CCC(=O)N(CCc1ccccc1Br)C(C)CS(=O)c1ccccc1. The molecule has 0 aromatic heterocycles. The fourth-order valence-electron chi connectivity index (χ4n) is 2.71. The summed E-state index contributed by atoms with van der Waals surface area (Å²) in [6.07, 6.45) is 1.23. The minimum absolute atomic E-state index is 0.0732. The highest BCUT2D eigenvalue weighted by Gasteiger charge is 2.21. The molecule has 2 atom stereocenters. The van der Waals surface area contributed by atoms with E-state index in [1.807, 2.05) is 67.3 Å². The summed E-state index contributed by atoms with van der Waals surface area (Å²) in [5, 5.41) is 0. The quantitative estimate of drug-likeness (QED) is 0.631. The van der Waals surface area contributed by atoms with Gasteiger partial charge in [0.1, 0.15) is 0 Å². The van der Waals surface area contributed by atoms with Gasteiger partial charge in [0, 0.05) is 34.1 Å². The fraction of sp³-hybridized carbons (Fsp3) is 0.350. The lowest BCUT2D eigenvalue weighted by atomic mass is 10.1. The molecular formula is C20H24BrNO2S. The van der Waals surface area contributed by atoms with E-state index in [-0.39, 0.29) is 11.9 Å². The fourth-order valence-corrected chi connectivity index (χ4v) is 4.47. The first-order valence-corrected chi connectivity index (χ1v) is 10.6. The molecule has 0 spiro atoms. The van der Waals surface area contributed by atoms with Crippen LogP contribution < -0.4 is 0 Å². The number of halogens is 1. The number of hydrogen-bond acceptors (Lipinski definition) is 2. The van der Waals surface area contributed by atoms with Gasteiger partial charge in [-0.15, -0.1) is 0 Å². The molecule has 2 aromatic rings. The number of amides is 1. The van der Waals surface area contributed by atoms with Gasteiger partial charge in [0.15, 0.2) is 0 Å². The molecule has 0 saturated heterocycles. The van der Waals surface area contributed by atoms with Crippen LogP contribution in [0.25, 0.3) is 0 Å². The van der Waals surface area contributed by atoms with E-state index in [4.69, 9.17) is 0 Å². The number of carbonyl (C=O) groups excluding carboxylic acids is 1. The third-order valence-corrected chi connectivity index (χ3v) is 6.49. The van der Waals surface area contributed by atoms with Crippen molar-refractivity contribution in [2.24, 2.45) is 0 Å². The lowest BCUT2D eigenvalue weighted by molar-refractivity contribution is -0.132. The average molecular weight is 422 g/mol. The van der Waals surface area contributed by atoms with Crippen LogP contribution >= 0.6 is 15.9 Å². The van der Waals surface area contributed by atoms with Gasteiger partial charge in [0.05, 0.1) is 10.8 Å². The molecule has 0 heterocycles. The van der Waals surface area contributed by atoms with Crippen LogP contribution in [-0.2, 0) is 22.0 Å². The van der Waals surface area contributed by atoms with Gasteiger partial charge in [0.25, 0.3) is 0 Å². The van der Waals surface area contributed by atoms with Crippen LogP contribution in [0.4, 0.5) is 0 Å². The maximum atomic E-state index is 12.6. The molecule has 134 valence electrons. The smallest absolute Gasteiger partial charge is 0.222 e. The molecule has 0 aliphatic heterocycles. The van der Waals surface area contributed by atoms with E-state index < -0.39 is 10.8 Å². The lowest BCUT2D eigenvalue weighted by Gasteiger charge is -2.29. The number of rotatable bonds is 8. The van der Waals surface area contributed by atoms with Crippen LogP contribution in [-0.4, -0.2) is 33.4 Å². The molecular weight excluding hydrogens is 398 g/mol. The molecule has 0 aliphatic rings. The van der Waals surface area contributed by atoms with E-state index in [9.17, 15) is 9.00 Å². The predicted molar refractivity (Wildman–Crippen MR) is 107 cm³/mol. The second-order valence-corrected chi connectivity index (χ2v) is 8.31. The Hall–Kier alpha value is -1.46. The summed E-state index contributed by atoms with van der Waals surface area (Å²) in [6, 6.07) is 17.4. The molecule has 25 heavy (non-hydrogen) atoms. The van der Waals surface area contributed by atoms with Gasteiger partial charge in [0.2, 0.25) is 5.91 Å². The van der Waals surface area contributed by atoms with Gasteiger partial charge in [-0.3, -0.25) is 9.00 Å². The number of nitrogens with zero attached hydrogens (tertiary/aromatic N) is 1. The minimum Gasteiger partial charge on any atom is -0.339 e. The van der Waals surface area contributed by atoms with Crippen LogP contribution in [0.1, 0.15) is 25.8 Å². The third kappa shape index (κ3) is 5.79. The van der Waals surface area contributed by atoms with E-state index in [0.717, 1.165) is 15.8 Å². The second kappa shape index (κ2) is 9.88. The van der Waals surface area contributed by atoms with E-state index in [0.29, 0.717) is 18.7 Å². The van der Waals surface area contributed by atoms with Crippen molar-refractivity contribution in [3.63, 3.8) is 0 Å². The normalized spacial score (nSPS) is 13.2. The molecule has 2 rings (SSSR count). The van der Waals surface area contributed by atoms with Crippen LogP contribution in [0, 0.1) is 0 Å². The number of carbonyl (C=O) groups is 1. The minimum atomic E-state index is -1.11. The summed E-state index contributed by atoms with van der Waals surface area (Å²) in [6.45, 7) is 4.48. The first kappa shape index (κ1) is 19.9. The highest BCUT2D eigenvalue weighted by atomic mass is 79.9. The predicted octanol–water partition coefficient (Wildman–Crippen LogP) is 4.43. The number of benzene rings is 2. The van der Waals surface area contributed by atoms with Crippen LogP contribution in [0.2, 0.25) is 0 Å². The van der Waals surface area contributed by atoms with Gasteiger partial charge >= 0.3 is 0 Å². The summed E-state index contributed by atoms with van der Waals surface area (Å²) < 4.78 is 13.6. The van der Waals surface area contributed by atoms with Crippen molar-refractivity contribution >= 4 is 32.6 Å². The maximum Gasteiger partial charge on any atom is 0.222 e. The lowest BCUT2D eigenvalue weighted by Crippen LogP contribution is -2.42. The Kier molecular flexibility index (Phi) is 7.85. The Balaban J connectivity index is 2.04. The first-order valence-electron chi connectivity index (χ1n) is 8.49. The van der Waals surface area contributed by atoms with Crippen molar-refractivity contribution in [2.45, 2.75) is 37.6 Å². The van der Waals surface area contributed by atoms with Crippen molar-refractivity contribution in [2.75, 3.05) is 12.3 Å². The van der Waals surface area contributed by atoms with E-state index in [1.54, 1.807) is 0 Å². The zero-order valence-corrected chi connectivity index (χ0v) is 17.1. The van der Waals surface area contributed by atoms with Crippen molar-refractivity contribution < 1.29 is 9.00 Å². The van der Waals surface area contributed by atoms with Crippen LogP contribution in [0.15, 0.2) is 64.0 Å². The average Bonchev–Trinajstić information content (AvgIpc) is 2.63. The molecule has 3 nitrogen and oxygen atoms in total. The molecule has 5 heteroatoms. The molecule has 0 bridgehead atoms. The Morgan fingerprint density at radius 3 is 2.40 bits per heavy atom. The molecule has 0 radical (unpaired) electrons. The summed E-state index contributed by atoms with van der Waals surface area (Å²) >= 11 is 3.56. The van der Waals surface area contributed by atoms with Crippen molar-refractivity contribution in [3.8, 4) is 0 Å². The standard InChI is InChI=1S/C20H24BrNO2S/c1-3-20(23)22(14-13-17-9-7-8-12-19(17)21)16(2)15-25(24)18-10-5-4-6-11-18/h4-12,16H,3,13-15H2,1-2H3. The molecule has 2 aromatic carbocycles. The van der Waals surface area contributed by atoms with Crippen LogP contribution in [0.3, 0.4) is 0 Å². The zero-order chi connectivity index (χ0) is 18.2. The summed E-state index contributed by atoms with van der Waals surface area (Å²) in [4.78, 5) is 15.1. The summed E-state index contributed by atoms with van der Waals surface area (Å²) in [7, 11) is -1.11. The molecule has 0 saturated carbocycles. The largest absolute Gasteiger partial charge is 0.339 e. The van der Waals surface area contributed by atoms with Gasteiger partial charge in [-0.2, -0.15) is 0 Å². The van der Waals surface area contributed by atoms with Crippen LogP contribution in [0.5, 0.6) is 0 Å². The highest BCUT2D eigenvalue weighted by molar-refractivity contribution is 9.10. The summed E-state index contributed by atoms with van der Waals surface area (Å²) in [5.74, 6) is 0.552. The van der Waals surface area contributed by atoms with Crippen molar-refractivity contribution in [1.82, 2.24) is 4.90 Å². The van der Waals surface area contributed by atoms with Gasteiger partial charge in [-0.1, -0.05) is 59.3 Å².